The van der Waals surface area contributed by atoms with Crippen LogP contribution in [0.5, 0.6) is 0 Å². The summed E-state index contributed by atoms with van der Waals surface area (Å²) in [6, 6.07) is 11.6. The van der Waals surface area contributed by atoms with Gasteiger partial charge in [0.05, 0.1) is 16.5 Å². The average molecular weight is 462 g/mol. The third kappa shape index (κ3) is 5.39. The van der Waals surface area contributed by atoms with E-state index in [0.717, 1.165) is 0 Å². The molecule has 1 amide bonds. The number of rotatable bonds is 5. The van der Waals surface area contributed by atoms with Crippen molar-refractivity contribution < 1.29 is 13.2 Å². The normalized spacial score (nSPS) is 16.1. The zero-order chi connectivity index (χ0) is 20.3. The van der Waals surface area contributed by atoms with Crippen LogP contribution in [0.15, 0.2) is 42.5 Å². The molecule has 1 N–H and O–H groups in total. The van der Waals surface area contributed by atoms with E-state index < -0.39 is 10.0 Å². The number of carbonyl (C=O) groups excluding carboxylic acids is 1. The second kappa shape index (κ2) is 9.01. The Bertz CT molecular complexity index is 957. The lowest BCUT2D eigenvalue weighted by atomic mass is 9.97. The van der Waals surface area contributed by atoms with Crippen molar-refractivity contribution in [1.82, 2.24) is 4.31 Å². The molecule has 0 spiro atoms. The van der Waals surface area contributed by atoms with Gasteiger partial charge in [-0.2, -0.15) is 0 Å². The topological polar surface area (TPSA) is 66.5 Å². The van der Waals surface area contributed by atoms with E-state index in [-0.39, 0.29) is 17.6 Å². The third-order valence-electron chi connectivity index (χ3n) is 4.67. The summed E-state index contributed by atoms with van der Waals surface area (Å²) in [5, 5.41) is 4.21. The van der Waals surface area contributed by atoms with Crippen LogP contribution in [0, 0.1) is 5.92 Å². The van der Waals surface area contributed by atoms with Crippen LogP contribution in [-0.2, 0) is 20.6 Å². The SMILES string of the molecule is O=C(Nc1ccc(Cl)cc1Cl)C1CCN(S(=O)(=O)Cc2ccc(Cl)cc2)CC1. The van der Waals surface area contributed by atoms with Crippen LogP contribution in [0.2, 0.25) is 15.1 Å². The second-order valence-corrected chi connectivity index (χ2v) is 9.92. The molecule has 0 aliphatic carbocycles. The van der Waals surface area contributed by atoms with E-state index in [1.54, 1.807) is 42.5 Å². The van der Waals surface area contributed by atoms with Crippen molar-refractivity contribution in [1.29, 1.82) is 0 Å². The van der Waals surface area contributed by atoms with Gasteiger partial charge in [0.1, 0.15) is 0 Å². The molecule has 0 bridgehead atoms. The summed E-state index contributed by atoms with van der Waals surface area (Å²) in [5.74, 6) is -0.519. The summed E-state index contributed by atoms with van der Waals surface area (Å²) in [5.41, 5.74) is 1.18. The Kier molecular flexibility index (Phi) is 6.89. The molecule has 3 rings (SSSR count). The Hall–Kier alpha value is -1.31. The fourth-order valence-electron chi connectivity index (χ4n) is 3.10. The van der Waals surface area contributed by atoms with Gasteiger partial charge in [0.2, 0.25) is 15.9 Å². The molecule has 1 aliphatic rings. The summed E-state index contributed by atoms with van der Waals surface area (Å²) in [6.45, 7) is 0.616. The molecule has 1 saturated heterocycles. The number of hydrogen-bond acceptors (Lipinski definition) is 3. The maximum Gasteiger partial charge on any atom is 0.227 e. The first-order valence-corrected chi connectivity index (χ1v) is 11.5. The molecule has 9 heteroatoms. The predicted molar refractivity (Wildman–Crippen MR) is 113 cm³/mol. The summed E-state index contributed by atoms with van der Waals surface area (Å²) < 4.78 is 26.7. The summed E-state index contributed by atoms with van der Waals surface area (Å²) in [6.07, 6.45) is 0.910. The summed E-state index contributed by atoms with van der Waals surface area (Å²) in [4.78, 5) is 12.5. The number of sulfonamides is 1. The lowest BCUT2D eigenvalue weighted by Crippen LogP contribution is -2.41. The highest BCUT2D eigenvalue weighted by atomic mass is 35.5. The maximum absolute atomic E-state index is 12.6. The van der Waals surface area contributed by atoms with Gasteiger partial charge in [-0.1, -0.05) is 46.9 Å². The van der Waals surface area contributed by atoms with E-state index in [4.69, 9.17) is 34.8 Å². The Morgan fingerprint density at radius 1 is 1.00 bits per heavy atom. The number of carbonyl (C=O) groups is 1. The number of amides is 1. The number of anilines is 1. The molecular weight excluding hydrogens is 443 g/mol. The van der Waals surface area contributed by atoms with Crippen molar-refractivity contribution in [2.24, 2.45) is 5.92 Å². The first-order chi connectivity index (χ1) is 13.2. The number of nitrogens with one attached hydrogen (secondary N) is 1. The van der Waals surface area contributed by atoms with Crippen molar-refractivity contribution in [3.05, 3.63) is 63.1 Å². The van der Waals surface area contributed by atoms with Gasteiger partial charge in [-0.25, -0.2) is 12.7 Å². The van der Waals surface area contributed by atoms with Gasteiger partial charge >= 0.3 is 0 Å². The monoisotopic (exact) mass is 460 g/mol. The van der Waals surface area contributed by atoms with Crippen molar-refractivity contribution in [3.63, 3.8) is 0 Å². The van der Waals surface area contributed by atoms with Crippen LogP contribution in [0.3, 0.4) is 0 Å². The fourth-order valence-corrected chi connectivity index (χ4v) is 5.25. The molecule has 2 aromatic carbocycles. The average Bonchev–Trinajstić information content (AvgIpc) is 2.66. The highest BCUT2D eigenvalue weighted by Crippen LogP contribution is 2.28. The first-order valence-electron chi connectivity index (χ1n) is 8.73. The molecule has 0 saturated carbocycles. The molecule has 1 aliphatic heterocycles. The number of nitrogens with zero attached hydrogens (tertiary/aromatic N) is 1. The predicted octanol–water partition coefficient (Wildman–Crippen LogP) is 4.83. The Balaban J connectivity index is 1.57. The van der Waals surface area contributed by atoms with Crippen molar-refractivity contribution in [2.75, 3.05) is 18.4 Å². The zero-order valence-corrected chi connectivity index (χ0v) is 18.0. The minimum absolute atomic E-state index is 0.0819. The number of hydrogen-bond donors (Lipinski definition) is 1. The fraction of sp³-hybridized carbons (Fsp3) is 0.316. The van der Waals surface area contributed by atoms with E-state index in [0.29, 0.717) is 52.2 Å². The van der Waals surface area contributed by atoms with E-state index >= 15 is 0 Å². The lowest BCUT2D eigenvalue weighted by molar-refractivity contribution is -0.120. The molecule has 0 atom stereocenters. The number of benzene rings is 2. The Labute approximate surface area is 179 Å². The van der Waals surface area contributed by atoms with Crippen LogP contribution in [0.4, 0.5) is 5.69 Å². The van der Waals surface area contributed by atoms with Gasteiger partial charge in [0.25, 0.3) is 0 Å². The molecule has 0 unspecified atom stereocenters. The molecule has 5 nitrogen and oxygen atoms in total. The van der Waals surface area contributed by atoms with Gasteiger partial charge in [0.15, 0.2) is 0 Å². The van der Waals surface area contributed by atoms with Crippen molar-refractivity contribution in [2.45, 2.75) is 18.6 Å². The van der Waals surface area contributed by atoms with Gasteiger partial charge < -0.3 is 5.32 Å². The van der Waals surface area contributed by atoms with E-state index in [1.165, 1.54) is 4.31 Å². The largest absolute Gasteiger partial charge is 0.325 e. The molecule has 1 heterocycles. The van der Waals surface area contributed by atoms with Gasteiger partial charge in [0, 0.05) is 29.1 Å². The zero-order valence-electron chi connectivity index (χ0n) is 14.9. The summed E-state index contributed by atoms with van der Waals surface area (Å²) >= 11 is 17.8. The quantitative estimate of drug-likeness (QED) is 0.693. The molecule has 0 radical (unpaired) electrons. The van der Waals surface area contributed by atoms with Gasteiger partial charge in [-0.05, 0) is 48.7 Å². The van der Waals surface area contributed by atoms with Gasteiger partial charge in [-0.3, -0.25) is 4.79 Å². The Morgan fingerprint density at radius 3 is 2.21 bits per heavy atom. The molecule has 0 aromatic heterocycles. The van der Waals surface area contributed by atoms with E-state index in [1.807, 2.05) is 0 Å². The van der Waals surface area contributed by atoms with Crippen LogP contribution in [-0.4, -0.2) is 31.7 Å². The van der Waals surface area contributed by atoms with Crippen LogP contribution in [0.1, 0.15) is 18.4 Å². The minimum Gasteiger partial charge on any atom is -0.325 e. The van der Waals surface area contributed by atoms with Crippen LogP contribution < -0.4 is 5.32 Å². The molecular formula is C19H19Cl3N2O3S. The van der Waals surface area contributed by atoms with E-state index in [2.05, 4.69) is 5.32 Å². The third-order valence-corrected chi connectivity index (χ3v) is 7.32. The highest BCUT2D eigenvalue weighted by Gasteiger charge is 2.31. The van der Waals surface area contributed by atoms with Crippen molar-refractivity contribution >= 4 is 56.4 Å². The first kappa shape index (κ1) is 21.4. The molecule has 28 heavy (non-hydrogen) atoms. The van der Waals surface area contributed by atoms with Crippen LogP contribution >= 0.6 is 34.8 Å². The molecule has 1 fully saturated rings. The van der Waals surface area contributed by atoms with Crippen LogP contribution in [0.25, 0.3) is 0 Å². The second-order valence-electron chi connectivity index (χ2n) is 6.67. The molecule has 2 aromatic rings. The number of piperidine rings is 1. The van der Waals surface area contributed by atoms with Gasteiger partial charge in [-0.15, -0.1) is 0 Å². The summed E-state index contributed by atoms with van der Waals surface area (Å²) in [7, 11) is -3.45. The standard InChI is InChI=1S/C19H19Cl3N2O3S/c20-15-3-1-13(2-4-15)12-28(26,27)24-9-7-14(8-10-24)19(25)23-18-6-5-16(21)11-17(18)22/h1-6,11,14H,7-10,12H2,(H,23,25). The maximum atomic E-state index is 12.6. The lowest BCUT2D eigenvalue weighted by Gasteiger charge is -2.30. The Morgan fingerprint density at radius 2 is 1.61 bits per heavy atom. The van der Waals surface area contributed by atoms with Crippen molar-refractivity contribution in [3.8, 4) is 0 Å². The molecule has 150 valence electrons. The van der Waals surface area contributed by atoms with E-state index in [9.17, 15) is 13.2 Å². The smallest absolute Gasteiger partial charge is 0.227 e. The number of halogens is 3. The highest BCUT2D eigenvalue weighted by molar-refractivity contribution is 7.88. The minimum atomic E-state index is -3.45.